The van der Waals surface area contributed by atoms with E-state index >= 15 is 0 Å². The van der Waals surface area contributed by atoms with Gasteiger partial charge in [0.15, 0.2) is 0 Å². The molecule has 0 aliphatic carbocycles. The number of likely N-dealkylation sites (tertiary alicyclic amines) is 1. The third-order valence-corrected chi connectivity index (χ3v) is 4.25. The Kier molecular flexibility index (Phi) is 5.41. The molecule has 22 heavy (non-hydrogen) atoms. The van der Waals surface area contributed by atoms with Gasteiger partial charge in [-0.1, -0.05) is 12.1 Å². The van der Waals surface area contributed by atoms with E-state index in [-0.39, 0.29) is 11.9 Å². The van der Waals surface area contributed by atoms with E-state index in [1.54, 1.807) is 4.90 Å². The summed E-state index contributed by atoms with van der Waals surface area (Å²) >= 11 is 0. The van der Waals surface area contributed by atoms with E-state index in [2.05, 4.69) is 0 Å². The number of benzene rings is 1. The van der Waals surface area contributed by atoms with E-state index in [0.29, 0.717) is 32.4 Å². The van der Waals surface area contributed by atoms with Crippen LogP contribution in [0.3, 0.4) is 0 Å². The molecule has 0 spiro atoms. The zero-order valence-corrected chi connectivity index (χ0v) is 13.1. The largest absolute Gasteiger partial charge is 0.494 e. The van der Waals surface area contributed by atoms with Crippen LogP contribution < -0.4 is 4.74 Å². The van der Waals surface area contributed by atoms with Crippen molar-refractivity contribution in [3.63, 3.8) is 0 Å². The minimum atomic E-state index is -0.811. The zero-order chi connectivity index (χ0) is 16.1. The smallest absolute Gasteiger partial charge is 0.308 e. The van der Waals surface area contributed by atoms with Crippen LogP contribution in [0.2, 0.25) is 0 Å². The molecule has 1 aliphatic rings. The fourth-order valence-electron chi connectivity index (χ4n) is 2.94. The molecule has 1 aromatic rings. The quantitative estimate of drug-likeness (QED) is 0.876. The summed E-state index contributed by atoms with van der Waals surface area (Å²) in [6.07, 6.45) is 1.61. The molecule has 1 aliphatic heterocycles. The highest BCUT2D eigenvalue weighted by atomic mass is 16.5. The minimum absolute atomic E-state index is 0.0325. The predicted octanol–water partition coefficient (Wildman–Crippen LogP) is 2.34. The third-order valence-electron chi connectivity index (χ3n) is 4.25. The van der Waals surface area contributed by atoms with Crippen molar-refractivity contribution in [3.05, 3.63) is 29.8 Å². The molecule has 1 saturated heterocycles. The van der Waals surface area contributed by atoms with Gasteiger partial charge in [0, 0.05) is 19.0 Å². The molecule has 5 nitrogen and oxygen atoms in total. The number of aryl methyl sites for hydroxylation is 1. The maximum Gasteiger partial charge on any atom is 0.308 e. The van der Waals surface area contributed by atoms with E-state index in [1.807, 2.05) is 38.1 Å². The van der Waals surface area contributed by atoms with Crippen LogP contribution >= 0.6 is 0 Å². The fraction of sp³-hybridized carbons (Fsp3) is 0.529. The number of hydrogen-bond acceptors (Lipinski definition) is 3. The first-order chi connectivity index (χ1) is 10.5. The molecule has 1 aromatic carbocycles. The molecule has 120 valence electrons. The Morgan fingerprint density at radius 3 is 2.55 bits per heavy atom. The van der Waals surface area contributed by atoms with E-state index in [0.717, 1.165) is 11.3 Å². The highest BCUT2D eigenvalue weighted by Gasteiger charge is 2.37. The van der Waals surface area contributed by atoms with Crippen molar-refractivity contribution in [2.75, 3.05) is 13.2 Å². The molecular weight excluding hydrogens is 282 g/mol. The summed E-state index contributed by atoms with van der Waals surface area (Å²) in [7, 11) is 0. The Morgan fingerprint density at radius 1 is 1.32 bits per heavy atom. The summed E-state index contributed by atoms with van der Waals surface area (Å²) < 4.78 is 5.39. The monoisotopic (exact) mass is 305 g/mol. The first kappa shape index (κ1) is 16.3. The number of carboxylic acid groups (broad SMARTS) is 1. The van der Waals surface area contributed by atoms with Gasteiger partial charge in [0.05, 0.1) is 12.5 Å². The highest BCUT2D eigenvalue weighted by molar-refractivity contribution is 5.79. The minimum Gasteiger partial charge on any atom is -0.494 e. The SMILES string of the molecule is CCOc1ccc(CCC(=O)N2CCC(C(=O)O)C2C)cc1. The lowest BCUT2D eigenvalue weighted by Crippen LogP contribution is -2.37. The Bertz CT molecular complexity index is 526. The summed E-state index contributed by atoms with van der Waals surface area (Å²) in [6.45, 7) is 4.93. The van der Waals surface area contributed by atoms with Gasteiger partial charge in [0.2, 0.25) is 5.91 Å². The van der Waals surface area contributed by atoms with Crippen molar-refractivity contribution >= 4 is 11.9 Å². The van der Waals surface area contributed by atoms with Crippen LogP contribution in [0, 0.1) is 5.92 Å². The lowest BCUT2D eigenvalue weighted by Gasteiger charge is -2.23. The van der Waals surface area contributed by atoms with Crippen LogP contribution in [0.4, 0.5) is 0 Å². The first-order valence-corrected chi connectivity index (χ1v) is 7.77. The number of aliphatic carboxylic acids is 1. The second kappa shape index (κ2) is 7.29. The van der Waals surface area contributed by atoms with Gasteiger partial charge in [-0.05, 0) is 44.4 Å². The van der Waals surface area contributed by atoms with Gasteiger partial charge in [-0.25, -0.2) is 0 Å². The van der Waals surface area contributed by atoms with Gasteiger partial charge in [0.25, 0.3) is 0 Å². The number of carbonyl (C=O) groups excluding carboxylic acids is 1. The van der Waals surface area contributed by atoms with Crippen LogP contribution in [-0.2, 0) is 16.0 Å². The van der Waals surface area contributed by atoms with E-state index < -0.39 is 11.9 Å². The normalized spacial score (nSPS) is 20.9. The summed E-state index contributed by atoms with van der Waals surface area (Å²) in [4.78, 5) is 25.1. The van der Waals surface area contributed by atoms with Gasteiger partial charge in [-0.3, -0.25) is 9.59 Å². The Morgan fingerprint density at radius 2 is 2.00 bits per heavy atom. The molecule has 0 saturated carbocycles. The van der Waals surface area contributed by atoms with Crippen molar-refractivity contribution in [2.45, 2.75) is 39.2 Å². The molecule has 2 rings (SSSR count). The molecule has 1 heterocycles. The topological polar surface area (TPSA) is 66.8 Å². The van der Waals surface area contributed by atoms with Gasteiger partial charge >= 0.3 is 5.97 Å². The maximum atomic E-state index is 12.3. The molecule has 0 radical (unpaired) electrons. The van der Waals surface area contributed by atoms with E-state index in [1.165, 1.54) is 0 Å². The maximum absolute atomic E-state index is 12.3. The summed E-state index contributed by atoms with van der Waals surface area (Å²) in [6, 6.07) is 7.52. The standard InChI is InChI=1S/C17H23NO4/c1-3-22-14-7-4-13(5-8-14)6-9-16(19)18-11-10-15(12(18)2)17(20)21/h4-5,7-8,12,15H,3,6,9-11H2,1-2H3,(H,20,21). The van der Waals surface area contributed by atoms with Crippen molar-refractivity contribution in [3.8, 4) is 5.75 Å². The molecule has 1 fully saturated rings. The third kappa shape index (κ3) is 3.78. The van der Waals surface area contributed by atoms with Gasteiger partial charge in [-0.2, -0.15) is 0 Å². The number of carboxylic acids is 1. The molecule has 0 bridgehead atoms. The fourth-order valence-corrected chi connectivity index (χ4v) is 2.94. The van der Waals surface area contributed by atoms with Crippen molar-refractivity contribution in [2.24, 2.45) is 5.92 Å². The average Bonchev–Trinajstić information content (AvgIpc) is 2.88. The van der Waals surface area contributed by atoms with Gasteiger partial charge < -0.3 is 14.7 Å². The zero-order valence-electron chi connectivity index (χ0n) is 13.1. The van der Waals surface area contributed by atoms with E-state index in [4.69, 9.17) is 9.84 Å². The van der Waals surface area contributed by atoms with Crippen LogP contribution in [0.1, 0.15) is 32.3 Å². The summed E-state index contributed by atoms with van der Waals surface area (Å²) in [5.74, 6) is -0.385. The van der Waals surface area contributed by atoms with Gasteiger partial charge in [0.1, 0.15) is 5.75 Å². The number of nitrogens with zero attached hydrogens (tertiary/aromatic N) is 1. The van der Waals surface area contributed by atoms with Gasteiger partial charge in [-0.15, -0.1) is 0 Å². The second-order valence-corrected chi connectivity index (χ2v) is 5.64. The number of ether oxygens (including phenoxy) is 1. The molecule has 0 aromatic heterocycles. The number of rotatable bonds is 6. The molecule has 2 atom stereocenters. The lowest BCUT2D eigenvalue weighted by molar-refractivity contribution is -0.143. The van der Waals surface area contributed by atoms with Crippen molar-refractivity contribution in [1.29, 1.82) is 0 Å². The number of hydrogen-bond donors (Lipinski definition) is 1. The predicted molar refractivity (Wildman–Crippen MR) is 82.8 cm³/mol. The number of carbonyl (C=O) groups is 2. The Hall–Kier alpha value is -2.04. The highest BCUT2D eigenvalue weighted by Crippen LogP contribution is 2.25. The molecule has 1 N–H and O–H groups in total. The molecule has 1 amide bonds. The first-order valence-electron chi connectivity index (χ1n) is 7.77. The molecule has 5 heteroatoms. The van der Waals surface area contributed by atoms with Crippen LogP contribution in [0.15, 0.2) is 24.3 Å². The molecule has 2 unspecified atom stereocenters. The Labute approximate surface area is 130 Å². The number of amides is 1. The average molecular weight is 305 g/mol. The van der Waals surface area contributed by atoms with Crippen LogP contribution in [-0.4, -0.2) is 41.1 Å². The summed E-state index contributed by atoms with van der Waals surface area (Å²) in [5, 5.41) is 9.11. The lowest BCUT2D eigenvalue weighted by atomic mass is 10.0. The Balaban J connectivity index is 1.86. The van der Waals surface area contributed by atoms with Crippen molar-refractivity contribution in [1.82, 2.24) is 4.90 Å². The van der Waals surface area contributed by atoms with Crippen LogP contribution in [0.25, 0.3) is 0 Å². The molecular formula is C17H23NO4. The second-order valence-electron chi connectivity index (χ2n) is 5.64. The van der Waals surface area contributed by atoms with Crippen LogP contribution in [0.5, 0.6) is 5.75 Å². The summed E-state index contributed by atoms with van der Waals surface area (Å²) in [5.41, 5.74) is 1.08. The van der Waals surface area contributed by atoms with Crippen molar-refractivity contribution < 1.29 is 19.4 Å². The van der Waals surface area contributed by atoms with E-state index in [9.17, 15) is 9.59 Å².